The molecule has 19 heavy (non-hydrogen) atoms. The number of rotatable bonds is 2. The van der Waals surface area contributed by atoms with Crippen molar-refractivity contribution in [3.63, 3.8) is 0 Å². The third kappa shape index (κ3) is 2.96. The van der Waals surface area contributed by atoms with Crippen LogP contribution in [0, 0.1) is 13.8 Å². The quantitative estimate of drug-likeness (QED) is 0.911. The van der Waals surface area contributed by atoms with E-state index in [2.05, 4.69) is 4.98 Å². The summed E-state index contributed by atoms with van der Waals surface area (Å²) in [5.41, 5.74) is 6.65. The predicted molar refractivity (Wildman–Crippen MR) is 69.1 cm³/mol. The highest BCUT2D eigenvalue weighted by Gasteiger charge is 2.31. The summed E-state index contributed by atoms with van der Waals surface area (Å²) in [4.78, 5) is 4.96. The van der Waals surface area contributed by atoms with Crippen molar-refractivity contribution in [3.05, 3.63) is 51.0 Å². The van der Waals surface area contributed by atoms with Crippen LogP contribution >= 0.6 is 11.3 Å². The molecule has 0 fully saturated rings. The second kappa shape index (κ2) is 4.94. The zero-order chi connectivity index (χ0) is 14.2. The second-order valence-corrected chi connectivity index (χ2v) is 5.59. The van der Waals surface area contributed by atoms with Gasteiger partial charge in [-0.15, -0.1) is 11.3 Å². The van der Waals surface area contributed by atoms with Gasteiger partial charge < -0.3 is 5.73 Å². The average molecular weight is 286 g/mol. The molecule has 1 unspecified atom stereocenters. The Morgan fingerprint density at radius 2 is 1.95 bits per heavy atom. The molecule has 0 saturated heterocycles. The fourth-order valence-corrected chi connectivity index (χ4v) is 2.68. The molecule has 102 valence electrons. The van der Waals surface area contributed by atoms with Gasteiger partial charge in [-0.05, 0) is 37.1 Å². The minimum atomic E-state index is -4.32. The molecule has 0 saturated carbocycles. The van der Waals surface area contributed by atoms with E-state index in [1.165, 1.54) is 17.4 Å². The van der Waals surface area contributed by atoms with Crippen LogP contribution in [0.25, 0.3) is 0 Å². The first-order valence-corrected chi connectivity index (χ1v) is 6.46. The first kappa shape index (κ1) is 14.0. The molecular weight excluding hydrogens is 273 g/mol. The summed E-state index contributed by atoms with van der Waals surface area (Å²) in [6, 6.07) is 3.20. The van der Waals surface area contributed by atoms with Crippen molar-refractivity contribution in [2.45, 2.75) is 26.1 Å². The molecule has 1 aromatic heterocycles. The van der Waals surface area contributed by atoms with Crippen molar-refractivity contribution in [1.29, 1.82) is 0 Å². The Bertz CT molecular complexity index is 590. The van der Waals surface area contributed by atoms with E-state index in [1.54, 1.807) is 13.1 Å². The van der Waals surface area contributed by atoms with E-state index in [9.17, 15) is 13.2 Å². The van der Waals surface area contributed by atoms with Gasteiger partial charge in [0.25, 0.3) is 0 Å². The molecule has 0 spiro atoms. The number of aromatic nitrogens is 1. The van der Waals surface area contributed by atoms with Crippen LogP contribution in [0.2, 0.25) is 0 Å². The zero-order valence-electron chi connectivity index (χ0n) is 10.5. The summed E-state index contributed by atoms with van der Waals surface area (Å²) in [7, 11) is 0. The standard InChI is InChI=1S/C13H13F3N2S/c1-7-5-9(13(14,15)16)3-4-10(7)12(17)11-6-18-8(2)19-11/h3-6,12H,17H2,1-2H3. The molecule has 1 aromatic carbocycles. The molecule has 1 atom stereocenters. The van der Waals surface area contributed by atoms with E-state index in [1.807, 2.05) is 6.92 Å². The molecule has 2 rings (SSSR count). The summed E-state index contributed by atoms with van der Waals surface area (Å²) in [6.07, 6.45) is -2.66. The fraction of sp³-hybridized carbons (Fsp3) is 0.308. The Hall–Kier alpha value is -1.40. The lowest BCUT2D eigenvalue weighted by molar-refractivity contribution is -0.137. The molecule has 1 heterocycles. The first-order valence-electron chi connectivity index (χ1n) is 5.64. The molecule has 2 N–H and O–H groups in total. The van der Waals surface area contributed by atoms with Crippen LogP contribution in [0.3, 0.4) is 0 Å². The maximum Gasteiger partial charge on any atom is 0.416 e. The van der Waals surface area contributed by atoms with E-state index in [4.69, 9.17) is 5.73 Å². The smallest absolute Gasteiger partial charge is 0.320 e. The van der Waals surface area contributed by atoms with Gasteiger partial charge in [-0.1, -0.05) is 6.07 Å². The molecule has 2 nitrogen and oxygen atoms in total. The van der Waals surface area contributed by atoms with Crippen molar-refractivity contribution in [2.24, 2.45) is 5.73 Å². The van der Waals surface area contributed by atoms with Crippen LogP contribution in [-0.2, 0) is 6.18 Å². The SMILES string of the molecule is Cc1ncc(C(N)c2ccc(C(F)(F)F)cc2C)s1. The number of thiazole rings is 1. The van der Waals surface area contributed by atoms with E-state index >= 15 is 0 Å². The largest absolute Gasteiger partial charge is 0.416 e. The predicted octanol–water partition coefficient (Wildman–Crippen LogP) is 3.83. The number of nitrogens with zero attached hydrogens (tertiary/aromatic N) is 1. The normalized spacial score (nSPS) is 13.6. The third-order valence-corrected chi connectivity index (χ3v) is 3.87. The second-order valence-electron chi connectivity index (χ2n) is 4.33. The number of alkyl halides is 3. The van der Waals surface area contributed by atoms with Crippen molar-refractivity contribution >= 4 is 11.3 Å². The van der Waals surface area contributed by atoms with Gasteiger partial charge in [-0.3, -0.25) is 0 Å². The topological polar surface area (TPSA) is 38.9 Å². The molecule has 6 heteroatoms. The van der Waals surface area contributed by atoms with Crippen LogP contribution in [0.1, 0.15) is 32.6 Å². The number of halogens is 3. The van der Waals surface area contributed by atoms with Gasteiger partial charge in [0.15, 0.2) is 0 Å². The number of aryl methyl sites for hydroxylation is 2. The molecule has 0 radical (unpaired) electrons. The minimum Gasteiger partial charge on any atom is -0.320 e. The highest BCUT2D eigenvalue weighted by molar-refractivity contribution is 7.11. The van der Waals surface area contributed by atoms with E-state index in [-0.39, 0.29) is 0 Å². The average Bonchev–Trinajstić information content (AvgIpc) is 2.73. The monoisotopic (exact) mass is 286 g/mol. The summed E-state index contributed by atoms with van der Waals surface area (Å²) in [5.74, 6) is 0. The number of hydrogen-bond acceptors (Lipinski definition) is 3. The molecule has 2 aromatic rings. The van der Waals surface area contributed by atoms with Crippen LogP contribution in [0.4, 0.5) is 13.2 Å². The lowest BCUT2D eigenvalue weighted by Crippen LogP contribution is -2.13. The van der Waals surface area contributed by atoms with Crippen LogP contribution < -0.4 is 5.73 Å². The fourth-order valence-electron chi connectivity index (χ4n) is 1.88. The van der Waals surface area contributed by atoms with Crippen molar-refractivity contribution in [1.82, 2.24) is 4.98 Å². The van der Waals surface area contributed by atoms with Gasteiger partial charge in [0.1, 0.15) is 0 Å². The highest BCUT2D eigenvalue weighted by Crippen LogP contribution is 2.33. The van der Waals surface area contributed by atoms with Gasteiger partial charge in [-0.2, -0.15) is 13.2 Å². The summed E-state index contributed by atoms with van der Waals surface area (Å²) >= 11 is 1.45. The Kier molecular flexibility index (Phi) is 3.64. The minimum absolute atomic E-state index is 0.437. The number of nitrogens with two attached hydrogens (primary N) is 1. The van der Waals surface area contributed by atoms with Crippen molar-refractivity contribution in [3.8, 4) is 0 Å². The van der Waals surface area contributed by atoms with Gasteiger partial charge in [0, 0.05) is 11.1 Å². The molecular formula is C13H13F3N2S. The molecule has 0 bridgehead atoms. The Balaban J connectivity index is 2.36. The van der Waals surface area contributed by atoms with Gasteiger partial charge in [0.2, 0.25) is 0 Å². The lowest BCUT2D eigenvalue weighted by Gasteiger charge is -2.15. The Morgan fingerprint density at radius 3 is 2.42 bits per heavy atom. The van der Waals surface area contributed by atoms with Gasteiger partial charge in [0.05, 0.1) is 16.6 Å². The first-order chi connectivity index (χ1) is 8.79. The third-order valence-electron chi connectivity index (χ3n) is 2.88. The summed E-state index contributed by atoms with van der Waals surface area (Å²) < 4.78 is 37.8. The van der Waals surface area contributed by atoms with Crippen molar-refractivity contribution < 1.29 is 13.2 Å². The Morgan fingerprint density at radius 1 is 1.26 bits per heavy atom. The molecule has 0 aliphatic carbocycles. The van der Waals surface area contributed by atoms with Crippen LogP contribution in [0.15, 0.2) is 24.4 Å². The van der Waals surface area contributed by atoms with Crippen LogP contribution in [-0.4, -0.2) is 4.98 Å². The summed E-state index contributed by atoms with van der Waals surface area (Å²) in [5, 5.41) is 0.884. The molecule has 0 aliphatic heterocycles. The van der Waals surface area contributed by atoms with Crippen LogP contribution in [0.5, 0.6) is 0 Å². The van der Waals surface area contributed by atoms with Gasteiger partial charge in [-0.25, -0.2) is 4.98 Å². The maximum atomic E-state index is 12.6. The van der Waals surface area contributed by atoms with E-state index in [0.717, 1.165) is 22.0 Å². The van der Waals surface area contributed by atoms with E-state index < -0.39 is 17.8 Å². The maximum absolute atomic E-state index is 12.6. The van der Waals surface area contributed by atoms with Crippen molar-refractivity contribution in [2.75, 3.05) is 0 Å². The molecule has 0 amide bonds. The number of hydrogen-bond donors (Lipinski definition) is 1. The molecule has 0 aliphatic rings. The van der Waals surface area contributed by atoms with Gasteiger partial charge >= 0.3 is 6.18 Å². The zero-order valence-corrected chi connectivity index (χ0v) is 11.3. The lowest BCUT2D eigenvalue weighted by atomic mass is 9.98. The highest BCUT2D eigenvalue weighted by atomic mass is 32.1. The van der Waals surface area contributed by atoms with E-state index in [0.29, 0.717) is 11.1 Å². The number of benzene rings is 1. The Labute approximate surface area is 113 Å². The summed E-state index contributed by atoms with van der Waals surface area (Å²) in [6.45, 7) is 3.50.